The Hall–Kier alpha value is -3.51. The summed E-state index contributed by atoms with van der Waals surface area (Å²) in [5, 5.41) is 11.5. The van der Waals surface area contributed by atoms with E-state index in [2.05, 4.69) is 39.6 Å². The molecular weight excluding hydrogens is 753 g/mol. The molecule has 3 aromatic rings. The number of ether oxygens (including phenoxy) is 10. The van der Waals surface area contributed by atoms with Crippen molar-refractivity contribution in [1.29, 1.82) is 0 Å². The van der Waals surface area contributed by atoms with Gasteiger partial charge in [-0.3, -0.25) is 0 Å². The molecule has 1 saturated heterocycles. The zero-order valence-corrected chi connectivity index (χ0v) is 32.3. The summed E-state index contributed by atoms with van der Waals surface area (Å²) < 4.78 is 97.3. The first-order valence-corrected chi connectivity index (χ1v) is 19.2. The van der Waals surface area contributed by atoms with E-state index in [1.165, 1.54) is 11.1 Å². The topological polar surface area (TPSA) is 135 Å². The lowest BCUT2D eigenvalue weighted by molar-refractivity contribution is -0.0746. The van der Waals surface area contributed by atoms with Gasteiger partial charge in [0.05, 0.1) is 124 Å². The van der Waals surface area contributed by atoms with Gasteiger partial charge in [0.15, 0.2) is 0 Å². The van der Waals surface area contributed by atoms with Gasteiger partial charge in [-0.05, 0) is 23.3 Å². The standard InChI is InChI=1S/C40H53F3N4O10/c41-34-25-38(42)36(39(43)26-34)6-9-50-12-15-53-18-17-52-14-11-49-8-5-35-27-47(46-45-35)31-56-23-22-55-21-20-54-19-16-51-13-10-48-7-1-2-32-3-4-37-33(24-32)28-57-40(37)29-44-30-40/h3-4,24-27,44H,5-23,28-31H2. The number of nitrogens with zero attached hydrogens (tertiary/aromatic N) is 3. The van der Waals surface area contributed by atoms with E-state index in [1.807, 2.05) is 12.3 Å². The molecule has 1 fully saturated rings. The van der Waals surface area contributed by atoms with Crippen LogP contribution in [0.5, 0.6) is 0 Å². The quantitative estimate of drug-likeness (QED) is 0.0783. The molecule has 1 aromatic heterocycles. The van der Waals surface area contributed by atoms with Crippen LogP contribution in [-0.4, -0.2) is 140 Å². The Morgan fingerprint density at radius 1 is 0.667 bits per heavy atom. The summed E-state index contributed by atoms with van der Waals surface area (Å²) in [6.45, 7) is 9.41. The van der Waals surface area contributed by atoms with Crippen LogP contribution in [0.3, 0.4) is 0 Å². The average Bonchev–Trinajstić information content (AvgIpc) is 3.81. The summed E-state index contributed by atoms with van der Waals surface area (Å²) in [7, 11) is 0. The summed E-state index contributed by atoms with van der Waals surface area (Å²) in [5.41, 5.74) is 3.95. The minimum atomic E-state index is -0.948. The number of hydrogen-bond donors (Lipinski definition) is 1. The van der Waals surface area contributed by atoms with Crippen LogP contribution in [0.1, 0.15) is 27.9 Å². The Kier molecular flexibility index (Phi) is 20.2. The largest absolute Gasteiger partial charge is 0.379 e. The van der Waals surface area contributed by atoms with Gasteiger partial charge >= 0.3 is 0 Å². The highest BCUT2D eigenvalue weighted by molar-refractivity contribution is 5.46. The van der Waals surface area contributed by atoms with Crippen molar-refractivity contribution in [3.63, 3.8) is 0 Å². The number of hydrogen-bond acceptors (Lipinski definition) is 13. The Bertz CT molecular complexity index is 1650. The van der Waals surface area contributed by atoms with Crippen LogP contribution in [0.25, 0.3) is 0 Å². The minimum Gasteiger partial charge on any atom is -0.379 e. The maximum atomic E-state index is 13.6. The molecule has 0 bridgehead atoms. The van der Waals surface area contributed by atoms with E-state index >= 15 is 0 Å². The SMILES string of the molecule is Fc1cc(F)c(CCOCCOCCOCCOCCc2cn(COCCOCCOCCOCCOCC#Cc3ccc4c(c3)COC43CNC3)nn2)c(F)c1. The van der Waals surface area contributed by atoms with Gasteiger partial charge in [-0.15, -0.1) is 5.10 Å². The molecule has 17 heteroatoms. The van der Waals surface area contributed by atoms with Gasteiger partial charge in [0.2, 0.25) is 0 Å². The van der Waals surface area contributed by atoms with Crippen LogP contribution >= 0.6 is 0 Å². The van der Waals surface area contributed by atoms with Gasteiger partial charge in [0.25, 0.3) is 0 Å². The normalized spacial score (nSPS) is 14.2. The highest BCUT2D eigenvalue weighted by atomic mass is 19.1. The summed E-state index contributed by atoms with van der Waals surface area (Å²) in [6.07, 6.45) is 2.42. The van der Waals surface area contributed by atoms with E-state index in [9.17, 15) is 13.2 Å². The maximum Gasteiger partial charge on any atom is 0.141 e. The third kappa shape index (κ3) is 16.0. The van der Waals surface area contributed by atoms with Crippen LogP contribution in [0.4, 0.5) is 13.2 Å². The van der Waals surface area contributed by atoms with Gasteiger partial charge in [-0.2, -0.15) is 0 Å². The zero-order valence-electron chi connectivity index (χ0n) is 32.3. The Morgan fingerprint density at radius 2 is 1.21 bits per heavy atom. The van der Waals surface area contributed by atoms with E-state index in [0.717, 1.165) is 24.3 Å². The summed E-state index contributed by atoms with van der Waals surface area (Å²) in [5.74, 6) is 3.43. The van der Waals surface area contributed by atoms with Crippen LogP contribution in [-0.2, 0) is 79.1 Å². The Morgan fingerprint density at radius 3 is 1.79 bits per heavy atom. The molecule has 5 rings (SSSR count). The number of aromatic nitrogens is 3. The first-order valence-electron chi connectivity index (χ1n) is 19.2. The minimum absolute atomic E-state index is 0.00470. The van der Waals surface area contributed by atoms with Crippen LogP contribution < -0.4 is 5.32 Å². The third-order valence-corrected chi connectivity index (χ3v) is 8.85. The number of rotatable bonds is 30. The van der Waals surface area contributed by atoms with Gasteiger partial charge in [-0.1, -0.05) is 23.1 Å². The van der Waals surface area contributed by atoms with E-state index < -0.39 is 17.5 Å². The van der Waals surface area contributed by atoms with E-state index in [-0.39, 0.29) is 37.5 Å². The molecule has 1 N–H and O–H groups in total. The summed E-state index contributed by atoms with van der Waals surface area (Å²) >= 11 is 0. The lowest BCUT2D eigenvalue weighted by Crippen LogP contribution is -2.56. The van der Waals surface area contributed by atoms with Gasteiger partial charge in [0.1, 0.15) is 36.4 Å². The van der Waals surface area contributed by atoms with Gasteiger partial charge < -0.3 is 52.7 Å². The van der Waals surface area contributed by atoms with Gasteiger partial charge in [0, 0.05) is 49.2 Å². The highest BCUT2D eigenvalue weighted by Crippen LogP contribution is 2.39. The molecule has 1 spiro atoms. The van der Waals surface area contributed by atoms with Crippen molar-refractivity contribution >= 4 is 0 Å². The van der Waals surface area contributed by atoms with Crippen LogP contribution in [0, 0.1) is 29.3 Å². The van der Waals surface area contributed by atoms with Crippen molar-refractivity contribution in [1.82, 2.24) is 20.3 Å². The molecule has 0 unspecified atom stereocenters. The molecule has 57 heavy (non-hydrogen) atoms. The Labute approximate surface area is 331 Å². The number of benzene rings is 2. The van der Waals surface area contributed by atoms with Crippen molar-refractivity contribution in [3.8, 4) is 11.8 Å². The fourth-order valence-electron chi connectivity index (χ4n) is 5.81. The highest BCUT2D eigenvalue weighted by Gasteiger charge is 2.45. The second kappa shape index (κ2) is 25.8. The second-order valence-electron chi connectivity index (χ2n) is 13.0. The molecule has 14 nitrogen and oxygen atoms in total. The maximum absolute atomic E-state index is 13.6. The fraction of sp³-hybridized carbons (Fsp3) is 0.600. The average molecular weight is 807 g/mol. The molecule has 0 radical (unpaired) electrons. The van der Waals surface area contributed by atoms with Gasteiger partial charge in [-0.25, -0.2) is 17.9 Å². The molecule has 2 aromatic carbocycles. The molecule has 314 valence electrons. The predicted octanol–water partition coefficient (Wildman–Crippen LogP) is 2.97. The lowest BCUT2D eigenvalue weighted by atomic mass is 9.87. The van der Waals surface area contributed by atoms with Crippen LogP contribution in [0.15, 0.2) is 36.5 Å². The molecule has 0 amide bonds. The second-order valence-corrected chi connectivity index (χ2v) is 13.0. The molecule has 0 atom stereocenters. The first-order chi connectivity index (χ1) is 28.0. The summed E-state index contributed by atoms with van der Waals surface area (Å²) in [6, 6.07) is 7.60. The monoisotopic (exact) mass is 806 g/mol. The number of nitrogens with one attached hydrogen (secondary N) is 1. The van der Waals surface area contributed by atoms with E-state index in [1.54, 1.807) is 4.68 Å². The lowest BCUT2D eigenvalue weighted by Gasteiger charge is -2.39. The van der Waals surface area contributed by atoms with Crippen molar-refractivity contribution in [2.75, 3.05) is 125 Å². The van der Waals surface area contributed by atoms with E-state index in [0.29, 0.717) is 124 Å². The van der Waals surface area contributed by atoms with Crippen LogP contribution in [0.2, 0.25) is 0 Å². The fourth-order valence-corrected chi connectivity index (χ4v) is 5.81. The molecular formula is C40H53F3N4O10. The summed E-state index contributed by atoms with van der Waals surface area (Å²) in [4.78, 5) is 0. The van der Waals surface area contributed by atoms with Crippen molar-refractivity contribution < 1.29 is 60.5 Å². The molecule has 2 aliphatic heterocycles. The predicted molar refractivity (Wildman–Crippen MR) is 199 cm³/mol. The molecule has 3 heterocycles. The first kappa shape index (κ1) is 44.6. The van der Waals surface area contributed by atoms with Crippen molar-refractivity contribution in [2.24, 2.45) is 0 Å². The number of fused-ring (bicyclic) bond motifs is 2. The van der Waals surface area contributed by atoms with Crippen molar-refractivity contribution in [3.05, 3.63) is 81.9 Å². The Balaban J connectivity index is 0.722. The van der Waals surface area contributed by atoms with Crippen molar-refractivity contribution in [2.45, 2.75) is 31.8 Å². The van der Waals surface area contributed by atoms with E-state index in [4.69, 9.17) is 47.4 Å². The smallest absolute Gasteiger partial charge is 0.141 e. The molecule has 0 saturated carbocycles. The molecule has 2 aliphatic rings. The zero-order chi connectivity index (χ0) is 39.8. The molecule has 0 aliphatic carbocycles. The third-order valence-electron chi connectivity index (χ3n) is 8.85. The number of halogens is 3.